The highest BCUT2D eigenvalue weighted by Crippen LogP contribution is 2.26. The molecule has 1 N–H and O–H groups in total. The third kappa shape index (κ3) is 5.59. The molecule has 11 heteroatoms. The largest absolute Gasteiger partial charge is 0.379 e. The summed E-state index contributed by atoms with van der Waals surface area (Å²) in [5.74, 6) is 1.44. The molecule has 1 aromatic heterocycles. The maximum Gasteiger partial charge on any atom is 0.243 e. The number of ether oxygens (including phenoxy) is 1. The number of sulfonamides is 1. The summed E-state index contributed by atoms with van der Waals surface area (Å²) in [5, 5.41) is 12.3. The number of amides is 1. The smallest absolute Gasteiger partial charge is 0.243 e. The van der Waals surface area contributed by atoms with Crippen molar-refractivity contribution in [3.05, 3.63) is 24.3 Å². The second-order valence-corrected chi connectivity index (χ2v) is 11.5. The van der Waals surface area contributed by atoms with Crippen molar-refractivity contribution < 1.29 is 17.9 Å². The predicted octanol–water partition coefficient (Wildman–Crippen LogP) is 2.29. The van der Waals surface area contributed by atoms with Crippen LogP contribution in [0.25, 0.3) is 11.4 Å². The average Bonchev–Trinajstić information content (AvgIpc) is 3.20. The molecule has 2 aromatic rings. The average molecular weight is 494 g/mol. The lowest BCUT2D eigenvalue weighted by molar-refractivity contribution is -0.119. The highest BCUT2D eigenvalue weighted by Gasteiger charge is 2.26. The predicted molar refractivity (Wildman–Crippen MR) is 126 cm³/mol. The first kappa shape index (κ1) is 24.2. The standard InChI is InChI=1S/C22H31N5O4S2/c1-16-5-3-4-6-19(16)23-20(28)15-32-22-25-24-21(26(22)2)17-7-9-18(10-8-17)33(29,30)27-11-13-31-14-12-27/h7-10,16,19H,3-6,11-15H2,1-2H3,(H,23,28)/t16-,19+/m1/s1. The Balaban J connectivity index is 1.38. The molecule has 33 heavy (non-hydrogen) atoms. The van der Waals surface area contributed by atoms with Crippen LogP contribution < -0.4 is 5.32 Å². The molecule has 2 atom stereocenters. The summed E-state index contributed by atoms with van der Waals surface area (Å²) >= 11 is 1.35. The number of morpholine rings is 1. The van der Waals surface area contributed by atoms with Gasteiger partial charge < -0.3 is 14.6 Å². The fourth-order valence-electron chi connectivity index (χ4n) is 4.31. The van der Waals surface area contributed by atoms with E-state index in [1.54, 1.807) is 24.3 Å². The minimum Gasteiger partial charge on any atom is -0.379 e. The molecule has 1 saturated heterocycles. The lowest BCUT2D eigenvalue weighted by Gasteiger charge is -2.29. The van der Waals surface area contributed by atoms with Crippen LogP contribution in [0.1, 0.15) is 32.6 Å². The van der Waals surface area contributed by atoms with Crippen molar-refractivity contribution in [2.75, 3.05) is 32.1 Å². The normalized spacial score (nSPS) is 22.2. The lowest BCUT2D eigenvalue weighted by Crippen LogP contribution is -2.41. The summed E-state index contributed by atoms with van der Waals surface area (Å²) in [6, 6.07) is 6.93. The number of aromatic nitrogens is 3. The van der Waals surface area contributed by atoms with Crippen molar-refractivity contribution in [1.29, 1.82) is 0 Å². The minimum absolute atomic E-state index is 0.0148. The van der Waals surface area contributed by atoms with Crippen molar-refractivity contribution >= 4 is 27.7 Å². The second kappa shape index (κ2) is 10.5. The van der Waals surface area contributed by atoms with Gasteiger partial charge in [-0.25, -0.2) is 8.42 Å². The third-order valence-corrected chi connectivity index (χ3v) is 9.28. The van der Waals surface area contributed by atoms with E-state index in [0.29, 0.717) is 43.2 Å². The number of benzene rings is 1. The summed E-state index contributed by atoms with van der Waals surface area (Å²) < 4.78 is 34.1. The molecule has 2 fully saturated rings. The summed E-state index contributed by atoms with van der Waals surface area (Å²) in [4.78, 5) is 12.7. The molecule has 0 bridgehead atoms. The Morgan fingerprint density at radius 2 is 1.85 bits per heavy atom. The fourth-order valence-corrected chi connectivity index (χ4v) is 6.44. The van der Waals surface area contributed by atoms with E-state index in [0.717, 1.165) is 18.4 Å². The van der Waals surface area contributed by atoms with Crippen LogP contribution in [0.3, 0.4) is 0 Å². The van der Waals surface area contributed by atoms with Crippen LogP contribution in [-0.2, 0) is 26.6 Å². The van der Waals surface area contributed by atoms with Crippen LogP contribution in [-0.4, -0.2) is 71.5 Å². The Kier molecular flexibility index (Phi) is 7.72. The van der Waals surface area contributed by atoms with Crippen LogP contribution in [0, 0.1) is 5.92 Å². The van der Waals surface area contributed by atoms with Crippen LogP contribution in [0.2, 0.25) is 0 Å². The molecule has 2 aliphatic rings. The molecule has 1 amide bonds. The van der Waals surface area contributed by atoms with E-state index in [9.17, 15) is 13.2 Å². The van der Waals surface area contributed by atoms with Gasteiger partial charge in [0.1, 0.15) is 0 Å². The van der Waals surface area contributed by atoms with Gasteiger partial charge in [-0.2, -0.15) is 4.31 Å². The molecule has 180 valence electrons. The van der Waals surface area contributed by atoms with Gasteiger partial charge in [0.2, 0.25) is 15.9 Å². The Hall–Kier alpha value is -1.95. The van der Waals surface area contributed by atoms with E-state index in [-0.39, 0.29) is 22.6 Å². The molecule has 0 radical (unpaired) electrons. The second-order valence-electron chi connectivity index (χ2n) is 8.63. The lowest BCUT2D eigenvalue weighted by atomic mass is 9.86. The number of thioether (sulfide) groups is 1. The molecule has 0 unspecified atom stereocenters. The third-order valence-electron chi connectivity index (χ3n) is 6.35. The Labute approximate surface area is 199 Å². The molecule has 4 rings (SSSR count). The maximum atomic E-state index is 12.8. The van der Waals surface area contributed by atoms with Gasteiger partial charge in [-0.15, -0.1) is 10.2 Å². The molecule has 1 aromatic carbocycles. The summed E-state index contributed by atoms with van der Waals surface area (Å²) in [6.07, 6.45) is 4.62. The topological polar surface area (TPSA) is 106 Å². The van der Waals surface area contributed by atoms with Gasteiger partial charge in [-0.05, 0) is 43.0 Å². The fraction of sp³-hybridized carbons (Fsp3) is 0.591. The molecule has 9 nitrogen and oxygen atoms in total. The van der Waals surface area contributed by atoms with E-state index in [1.807, 2.05) is 11.6 Å². The van der Waals surface area contributed by atoms with E-state index in [1.165, 1.54) is 28.9 Å². The summed E-state index contributed by atoms with van der Waals surface area (Å²) in [7, 11) is -1.69. The van der Waals surface area contributed by atoms with E-state index >= 15 is 0 Å². The van der Waals surface area contributed by atoms with Gasteiger partial charge >= 0.3 is 0 Å². The molecule has 0 spiro atoms. The number of carbonyl (C=O) groups is 1. The highest BCUT2D eigenvalue weighted by atomic mass is 32.2. The summed E-state index contributed by atoms with van der Waals surface area (Å²) in [6.45, 7) is 3.74. The SMILES string of the molecule is C[C@@H]1CCCC[C@@H]1NC(=O)CSc1nnc(-c2ccc(S(=O)(=O)N3CCOCC3)cc2)n1C. The number of nitrogens with one attached hydrogen (secondary N) is 1. The first-order valence-electron chi connectivity index (χ1n) is 11.4. The number of hydrogen-bond acceptors (Lipinski definition) is 7. The Bertz CT molecular complexity index is 1060. The van der Waals surface area contributed by atoms with Gasteiger partial charge in [-0.3, -0.25) is 4.79 Å². The van der Waals surface area contributed by atoms with Crippen molar-refractivity contribution in [2.45, 2.75) is 48.7 Å². The first-order chi connectivity index (χ1) is 15.9. The van der Waals surface area contributed by atoms with Crippen molar-refractivity contribution in [1.82, 2.24) is 24.4 Å². The number of carbonyl (C=O) groups excluding carboxylic acids is 1. The van der Waals surface area contributed by atoms with Crippen molar-refractivity contribution in [3.8, 4) is 11.4 Å². The van der Waals surface area contributed by atoms with Crippen LogP contribution >= 0.6 is 11.8 Å². The van der Waals surface area contributed by atoms with Crippen molar-refractivity contribution in [2.24, 2.45) is 13.0 Å². The first-order valence-corrected chi connectivity index (χ1v) is 13.8. The van der Waals surface area contributed by atoms with Crippen LogP contribution in [0.5, 0.6) is 0 Å². The zero-order chi connectivity index (χ0) is 23.4. The Morgan fingerprint density at radius 1 is 1.15 bits per heavy atom. The van der Waals surface area contributed by atoms with Crippen LogP contribution in [0.4, 0.5) is 0 Å². The van der Waals surface area contributed by atoms with E-state index < -0.39 is 10.0 Å². The van der Waals surface area contributed by atoms with Crippen LogP contribution in [0.15, 0.2) is 34.3 Å². The number of hydrogen-bond donors (Lipinski definition) is 1. The Morgan fingerprint density at radius 3 is 2.55 bits per heavy atom. The van der Waals surface area contributed by atoms with Crippen molar-refractivity contribution in [3.63, 3.8) is 0 Å². The summed E-state index contributed by atoms with van der Waals surface area (Å²) in [5.41, 5.74) is 0.762. The molecule has 1 saturated carbocycles. The van der Waals surface area contributed by atoms with Gasteiger partial charge in [0.15, 0.2) is 11.0 Å². The highest BCUT2D eigenvalue weighted by molar-refractivity contribution is 7.99. The molecule has 2 heterocycles. The van der Waals surface area contributed by atoms with Gasteiger partial charge in [0.25, 0.3) is 0 Å². The zero-order valence-corrected chi connectivity index (χ0v) is 20.7. The minimum atomic E-state index is -3.54. The molecule has 1 aliphatic carbocycles. The number of nitrogens with zero attached hydrogens (tertiary/aromatic N) is 4. The zero-order valence-electron chi connectivity index (χ0n) is 19.1. The molecule has 1 aliphatic heterocycles. The number of rotatable bonds is 7. The molecular formula is C22H31N5O4S2. The van der Waals surface area contributed by atoms with E-state index in [4.69, 9.17) is 4.74 Å². The quantitative estimate of drug-likeness (QED) is 0.590. The van der Waals surface area contributed by atoms with E-state index in [2.05, 4.69) is 22.4 Å². The van der Waals surface area contributed by atoms with Gasteiger partial charge in [0, 0.05) is 31.7 Å². The maximum absolute atomic E-state index is 12.8. The molecular weight excluding hydrogens is 462 g/mol. The monoisotopic (exact) mass is 493 g/mol. The van der Waals surface area contributed by atoms with Gasteiger partial charge in [0.05, 0.1) is 23.9 Å². The van der Waals surface area contributed by atoms with Gasteiger partial charge in [-0.1, -0.05) is 31.5 Å².